The molecule has 96 valence electrons. The first kappa shape index (κ1) is 14.2. The predicted molar refractivity (Wildman–Crippen MR) is 74.9 cm³/mol. The first-order chi connectivity index (χ1) is 8.10. The number of hydrogen-bond acceptors (Lipinski definition) is 2. The fourth-order valence-corrected chi connectivity index (χ4v) is 2.28. The smallest absolute Gasteiger partial charge is 0.0699 e. The lowest BCUT2D eigenvalue weighted by molar-refractivity contribution is 0.108. The van der Waals surface area contributed by atoms with E-state index in [1.165, 1.54) is 5.56 Å². The molecule has 0 radical (unpaired) electrons. The van der Waals surface area contributed by atoms with E-state index in [0.29, 0.717) is 0 Å². The Morgan fingerprint density at radius 1 is 1.06 bits per heavy atom. The van der Waals surface area contributed by atoms with Gasteiger partial charge in [-0.3, -0.25) is 4.90 Å². The van der Waals surface area contributed by atoms with Gasteiger partial charge in [0.05, 0.1) is 5.66 Å². The maximum atomic E-state index is 6.49. The zero-order chi connectivity index (χ0) is 12.7. The van der Waals surface area contributed by atoms with Crippen LogP contribution in [0, 0.1) is 0 Å². The van der Waals surface area contributed by atoms with Crippen molar-refractivity contribution in [2.75, 3.05) is 13.1 Å². The lowest BCUT2D eigenvalue weighted by atomic mass is 10.00. The Morgan fingerprint density at radius 3 is 2.06 bits per heavy atom. The van der Waals surface area contributed by atoms with E-state index < -0.39 is 0 Å². The van der Waals surface area contributed by atoms with Crippen LogP contribution in [0.1, 0.15) is 39.2 Å². The average Bonchev–Trinajstić information content (AvgIpc) is 2.29. The number of nitrogens with zero attached hydrogens (tertiary/aromatic N) is 1. The van der Waals surface area contributed by atoms with E-state index in [9.17, 15) is 0 Å². The summed E-state index contributed by atoms with van der Waals surface area (Å²) in [5.41, 5.74) is 7.56. The third-order valence-corrected chi connectivity index (χ3v) is 3.11. The maximum Gasteiger partial charge on any atom is 0.0699 e. The summed E-state index contributed by atoms with van der Waals surface area (Å²) in [4.78, 5) is 2.40. The highest BCUT2D eigenvalue weighted by Crippen LogP contribution is 2.16. The van der Waals surface area contributed by atoms with Crippen molar-refractivity contribution in [1.82, 2.24) is 4.90 Å². The summed E-state index contributed by atoms with van der Waals surface area (Å²) < 4.78 is 0. The van der Waals surface area contributed by atoms with Gasteiger partial charge in [0, 0.05) is 6.42 Å². The van der Waals surface area contributed by atoms with Crippen molar-refractivity contribution >= 4 is 0 Å². The zero-order valence-electron chi connectivity index (χ0n) is 11.4. The number of rotatable bonds is 7. The van der Waals surface area contributed by atoms with Crippen LogP contribution in [0.25, 0.3) is 0 Å². The summed E-state index contributed by atoms with van der Waals surface area (Å²) in [6, 6.07) is 10.5. The van der Waals surface area contributed by atoms with Crippen LogP contribution in [-0.4, -0.2) is 23.7 Å². The Kier molecular flexibility index (Phi) is 5.66. The van der Waals surface area contributed by atoms with Crippen molar-refractivity contribution in [2.45, 2.75) is 45.7 Å². The van der Waals surface area contributed by atoms with E-state index in [-0.39, 0.29) is 5.66 Å². The normalized spacial score (nSPS) is 14.9. The van der Waals surface area contributed by atoms with Gasteiger partial charge < -0.3 is 5.73 Å². The van der Waals surface area contributed by atoms with Crippen LogP contribution in [0.3, 0.4) is 0 Å². The van der Waals surface area contributed by atoms with Gasteiger partial charge in [-0.05, 0) is 38.4 Å². The topological polar surface area (TPSA) is 29.3 Å². The molecule has 0 saturated heterocycles. The molecule has 1 atom stereocenters. The lowest BCUT2D eigenvalue weighted by Crippen LogP contribution is -2.55. The molecule has 0 aliphatic rings. The predicted octanol–water partition coefficient (Wildman–Crippen LogP) is 3.03. The molecule has 2 N–H and O–H groups in total. The molecule has 1 unspecified atom stereocenters. The fraction of sp³-hybridized carbons (Fsp3) is 0.600. The van der Waals surface area contributed by atoms with Crippen LogP contribution in [0.5, 0.6) is 0 Å². The van der Waals surface area contributed by atoms with E-state index in [4.69, 9.17) is 5.73 Å². The quantitative estimate of drug-likeness (QED) is 0.735. The molecule has 0 heterocycles. The van der Waals surface area contributed by atoms with Gasteiger partial charge in [-0.25, -0.2) is 0 Å². The van der Waals surface area contributed by atoms with Crippen LogP contribution < -0.4 is 5.73 Å². The molecular weight excluding hydrogens is 208 g/mol. The van der Waals surface area contributed by atoms with Crippen molar-refractivity contribution in [3.05, 3.63) is 35.9 Å². The molecule has 0 aliphatic carbocycles. The van der Waals surface area contributed by atoms with E-state index in [2.05, 4.69) is 49.9 Å². The average molecular weight is 234 g/mol. The molecular formula is C15H26N2. The molecule has 2 heteroatoms. The molecule has 0 saturated carbocycles. The third kappa shape index (κ3) is 4.49. The van der Waals surface area contributed by atoms with Gasteiger partial charge in [0.1, 0.15) is 0 Å². The van der Waals surface area contributed by atoms with E-state index >= 15 is 0 Å². The molecule has 0 spiro atoms. The zero-order valence-corrected chi connectivity index (χ0v) is 11.4. The van der Waals surface area contributed by atoms with Crippen LogP contribution in [0.15, 0.2) is 30.3 Å². The Hall–Kier alpha value is -0.860. The summed E-state index contributed by atoms with van der Waals surface area (Å²) in [7, 11) is 0. The molecule has 0 bridgehead atoms. The summed E-state index contributed by atoms with van der Waals surface area (Å²) in [6.07, 6.45) is 3.22. The second-order valence-electron chi connectivity index (χ2n) is 5.01. The summed E-state index contributed by atoms with van der Waals surface area (Å²) in [6.45, 7) is 8.72. The van der Waals surface area contributed by atoms with E-state index in [0.717, 1.165) is 32.4 Å². The lowest BCUT2D eigenvalue weighted by Gasteiger charge is -2.38. The fourth-order valence-electron chi connectivity index (χ4n) is 2.28. The Bertz CT molecular complexity index is 300. The minimum absolute atomic E-state index is 0.243. The second-order valence-corrected chi connectivity index (χ2v) is 5.01. The van der Waals surface area contributed by atoms with Crippen molar-refractivity contribution in [3.63, 3.8) is 0 Å². The molecule has 0 aliphatic heterocycles. The molecule has 1 aromatic rings. The van der Waals surface area contributed by atoms with Crippen molar-refractivity contribution in [2.24, 2.45) is 5.73 Å². The van der Waals surface area contributed by atoms with Gasteiger partial charge in [-0.2, -0.15) is 0 Å². The Balaban J connectivity index is 2.70. The van der Waals surface area contributed by atoms with Crippen molar-refractivity contribution < 1.29 is 0 Å². The Labute approximate surface area is 106 Å². The number of benzene rings is 1. The van der Waals surface area contributed by atoms with Gasteiger partial charge in [-0.1, -0.05) is 44.2 Å². The van der Waals surface area contributed by atoms with Crippen LogP contribution in [-0.2, 0) is 6.42 Å². The van der Waals surface area contributed by atoms with Gasteiger partial charge in [0.2, 0.25) is 0 Å². The SMILES string of the molecule is CCCN(CCC)C(C)(N)Cc1ccccc1. The Morgan fingerprint density at radius 2 is 1.59 bits per heavy atom. The molecule has 0 fully saturated rings. The van der Waals surface area contributed by atoms with E-state index in [1.807, 2.05) is 6.07 Å². The minimum atomic E-state index is -0.243. The number of nitrogens with two attached hydrogens (primary N) is 1. The first-order valence-electron chi connectivity index (χ1n) is 6.68. The van der Waals surface area contributed by atoms with Gasteiger partial charge in [0.15, 0.2) is 0 Å². The summed E-state index contributed by atoms with van der Waals surface area (Å²) in [5.74, 6) is 0. The standard InChI is InChI=1S/C15H26N2/c1-4-11-17(12-5-2)15(3,16)13-14-9-7-6-8-10-14/h6-10H,4-5,11-13,16H2,1-3H3. The van der Waals surface area contributed by atoms with Crippen LogP contribution in [0.2, 0.25) is 0 Å². The van der Waals surface area contributed by atoms with Gasteiger partial charge in [0.25, 0.3) is 0 Å². The minimum Gasteiger partial charge on any atom is -0.313 e. The molecule has 1 aromatic carbocycles. The van der Waals surface area contributed by atoms with Crippen LogP contribution >= 0.6 is 0 Å². The van der Waals surface area contributed by atoms with Crippen molar-refractivity contribution in [1.29, 1.82) is 0 Å². The molecule has 2 nitrogen and oxygen atoms in total. The third-order valence-electron chi connectivity index (χ3n) is 3.11. The highest BCUT2D eigenvalue weighted by Gasteiger charge is 2.26. The first-order valence-corrected chi connectivity index (χ1v) is 6.68. The maximum absolute atomic E-state index is 6.49. The van der Waals surface area contributed by atoms with Crippen LogP contribution in [0.4, 0.5) is 0 Å². The molecule has 0 amide bonds. The molecule has 0 aromatic heterocycles. The molecule has 17 heavy (non-hydrogen) atoms. The monoisotopic (exact) mass is 234 g/mol. The summed E-state index contributed by atoms with van der Waals surface area (Å²) in [5, 5.41) is 0. The second kappa shape index (κ2) is 6.77. The van der Waals surface area contributed by atoms with Gasteiger partial charge >= 0.3 is 0 Å². The van der Waals surface area contributed by atoms with Crippen molar-refractivity contribution in [3.8, 4) is 0 Å². The molecule has 1 rings (SSSR count). The highest BCUT2D eigenvalue weighted by molar-refractivity contribution is 5.17. The van der Waals surface area contributed by atoms with Gasteiger partial charge in [-0.15, -0.1) is 0 Å². The largest absolute Gasteiger partial charge is 0.313 e. The highest BCUT2D eigenvalue weighted by atomic mass is 15.3. The number of hydrogen-bond donors (Lipinski definition) is 1. The summed E-state index contributed by atoms with van der Waals surface area (Å²) >= 11 is 0. The van der Waals surface area contributed by atoms with E-state index in [1.54, 1.807) is 0 Å².